The molecule has 27 heavy (non-hydrogen) atoms. The summed E-state index contributed by atoms with van der Waals surface area (Å²) >= 11 is 0. The van der Waals surface area contributed by atoms with Crippen molar-refractivity contribution in [3.05, 3.63) is 30.1 Å². The van der Waals surface area contributed by atoms with Crippen molar-refractivity contribution >= 4 is 11.8 Å². The van der Waals surface area contributed by atoms with Crippen LogP contribution in [0.4, 0.5) is 0 Å². The highest BCUT2D eigenvalue weighted by molar-refractivity contribution is 5.80. The number of ether oxygens (including phenoxy) is 1. The van der Waals surface area contributed by atoms with Crippen LogP contribution in [0.3, 0.4) is 0 Å². The summed E-state index contributed by atoms with van der Waals surface area (Å²) in [4.78, 5) is 33.8. The zero-order valence-corrected chi connectivity index (χ0v) is 15.9. The molecule has 1 atom stereocenters. The van der Waals surface area contributed by atoms with Crippen LogP contribution < -0.4 is 0 Å². The smallest absolute Gasteiger partial charge is 0.227 e. The molecule has 0 N–H and O–H groups in total. The minimum absolute atomic E-state index is 0.0870. The molecule has 0 saturated carbocycles. The molecule has 3 aliphatic rings. The highest BCUT2D eigenvalue weighted by Gasteiger charge is 2.44. The minimum atomic E-state index is 0.0870. The van der Waals surface area contributed by atoms with Crippen LogP contribution in [-0.2, 0) is 20.7 Å². The number of aromatic nitrogens is 1. The maximum atomic E-state index is 12.9. The van der Waals surface area contributed by atoms with E-state index in [2.05, 4.69) is 9.88 Å². The molecule has 146 valence electrons. The Balaban J connectivity index is 1.36. The fraction of sp³-hybridized carbons (Fsp3) is 0.667. The molecule has 0 aliphatic carbocycles. The molecule has 1 spiro atoms. The third-order valence-electron chi connectivity index (χ3n) is 6.41. The number of hydrogen-bond acceptors (Lipinski definition) is 4. The summed E-state index contributed by atoms with van der Waals surface area (Å²) in [5.74, 6) is 0.603. The Morgan fingerprint density at radius 3 is 2.74 bits per heavy atom. The van der Waals surface area contributed by atoms with Crippen molar-refractivity contribution in [2.45, 2.75) is 38.5 Å². The van der Waals surface area contributed by atoms with Crippen LogP contribution in [0.15, 0.2) is 24.5 Å². The van der Waals surface area contributed by atoms with Gasteiger partial charge in [-0.3, -0.25) is 14.6 Å². The summed E-state index contributed by atoms with van der Waals surface area (Å²) in [6, 6.07) is 3.82. The van der Waals surface area contributed by atoms with Gasteiger partial charge in [0.05, 0.1) is 6.42 Å². The van der Waals surface area contributed by atoms with Gasteiger partial charge in [-0.05, 0) is 43.7 Å². The van der Waals surface area contributed by atoms with Crippen molar-refractivity contribution in [1.82, 2.24) is 14.8 Å². The number of hydrogen-bond donors (Lipinski definition) is 0. The van der Waals surface area contributed by atoms with E-state index >= 15 is 0 Å². The monoisotopic (exact) mass is 371 g/mol. The number of carbonyl (C=O) groups is 2. The first-order chi connectivity index (χ1) is 13.2. The van der Waals surface area contributed by atoms with E-state index in [1.807, 2.05) is 17.0 Å². The van der Waals surface area contributed by atoms with Gasteiger partial charge in [-0.15, -0.1) is 0 Å². The number of likely N-dealkylation sites (tertiary alicyclic amines) is 2. The Kier molecular flexibility index (Phi) is 5.43. The van der Waals surface area contributed by atoms with E-state index in [-0.39, 0.29) is 17.2 Å². The van der Waals surface area contributed by atoms with Gasteiger partial charge in [0.25, 0.3) is 0 Å². The summed E-state index contributed by atoms with van der Waals surface area (Å²) in [7, 11) is 0. The number of rotatable bonds is 3. The van der Waals surface area contributed by atoms with E-state index in [1.165, 1.54) is 0 Å². The summed E-state index contributed by atoms with van der Waals surface area (Å²) in [5, 5.41) is 0. The average Bonchev–Trinajstić information content (AvgIpc) is 3.12. The first kappa shape index (κ1) is 18.4. The number of piperidine rings is 1. The van der Waals surface area contributed by atoms with Crippen molar-refractivity contribution in [1.29, 1.82) is 0 Å². The second-order valence-corrected chi connectivity index (χ2v) is 8.35. The van der Waals surface area contributed by atoms with E-state index in [4.69, 9.17) is 4.74 Å². The minimum Gasteiger partial charge on any atom is -0.381 e. The fourth-order valence-electron chi connectivity index (χ4n) is 4.87. The Labute approximate surface area is 160 Å². The molecular weight excluding hydrogens is 342 g/mol. The largest absolute Gasteiger partial charge is 0.381 e. The van der Waals surface area contributed by atoms with Gasteiger partial charge < -0.3 is 14.5 Å². The van der Waals surface area contributed by atoms with Crippen LogP contribution >= 0.6 is 0 Å². The van der Waals surface area contributed by atoms with Crippen LogP contribution in [0.5, 0.6) is 0 Å². The zero-order valence-electron chi connectivity index (χ0n) is 15.9. The lowest BCUT2D eigenvalue weighted by molar-refractivity contribution is -0.138. The molecule has 6 heteroatoms. The third kappa shape index (κ3) is 4.15. The molecule has 3 fully saturated rings. The molecule has 4 heterocycles. The van der Waals surface area contributed by atoms with Gasteiger partial charge in [0.2, 0.25) is 11.8 Å². The quantitative estimate of drug-likeness (QED) is 0.814. The average molecular weight is 371 g/mol. The van der Waals surface area contributed by atoms with E-state index < -0.39 is 0 Å². The maximum absolute atomic E-state index is 12.9. The van der Waals surface area contributed by atoms with Crippen molar-refractivity contribution in [2.75, 3.05) is 39.4 Å². The van der Waals surface area contributed by atoms with Crippen molar-refractivity contribution in [3.8, 4) is 0 Å². The van der Waals surface area contributed by atoms with Gasteiger partial charge >= 0.3 is 0 Å². The molecule has 1 aromatic heterocycles. The van der Waals surface area contributed by atoms with Crippen LogP contribution in [0.2, 0.25) is 0 Å². The van der Waals surface area contributed by atoms with Gasteiger partial charge in [-0.2, -0.15) is 0 Å². The molecule has 0 radical (unpaired) electrons. The van der Waals surface area contributed by atoms with Gasteiger partial charge in [0.1, 0.15) is 0 Å². The van der Waals surface area contributed by atoms with Gasteiger partial charge in [0.15, 0.2) is 0 Å². The van der Waals surface area contributed by atoms with Crippen LogP contribution in [0.25, 0.3) is 0 Å². The second-order valence-electron chi connectivity index (χ2n) is 8.35. The van der Waals surface area contributed by atoms with Crippen molar-refractivity contribution in [3.63, 3.8) is 0 Å². The van der Waals surface area contributed by atoms with E-state index in [0.717, 1.165) is 63.8 Å². The predicted octanol–water partition coefficient (Wildman–Crippen LogP) is 1.89. The molecular formula is C21H29N3O3. The highest BCUT2D eigenvalue weighted by atomic mass is 16.5. The Morgan fingerprint density at radius 1 is 1.15 bits per heavy atom. The first-order valence-corrected chi connectivity index (χ1v) is 10.2. The molecule has 3 aliphatic heterocycles. The predicted molar refractivity (Wildman–Crippen MR) is 101 cm³/mol. The van der Waals surface area contributed by atoms with Gasteiger partial charge in [-0.25, -0.2) is 0 Å². The molecule has 4 rings (SSSR count). The topological polar surface area (TPSA) is 62.7 Å². The highest BCUT2D eigenvalue weighted by Crippen LogP contribution is 2.40. The lowest BCUT2D eigenvalue weighted by Gasteiger charge is -2.40. The first-order valence-electron chi connectivity index (χ1n) is 10.2. The maximum Gasteiger partial charge on any atom is 0.227 e. The summed E-state index contributed by atoms with van der Waals surface area (Å²) in [6.45, 7) is 4.65. The van der Waals surface area contributed by atoms with Gasteiger partial charge in [-0.1, -0.05) is 6.07 Å². The van der Waals surface area contributed by atoms with Gasteiger partial charge in [0, 0.05) is 63.1 Å². The lowest BCUT2D eigenvalue weighted by Crippen LogP contribution is -2.48. The Morgan fingerprint density at radius 2 is 1.96 bits per heavy atom. The molecule has 0 bridgehead atoms. The Hall–Kier alpha value is -1.95. The number of amides is 2. The summed E-state index contributed by atoms with van der Waals surface area (Å²) in [6.07, 6.45) is 8.75. The lowest BCUT2D eigenvalue weighted by atomic mass is 9.79. The third-order valence-corrected chi connectivity index (χ3v) is 6.41. The number of carbonyl (C=O) groups excluding carboxylic acids is 2. The second kappa shape index (κ2) is 7.97. The fourth-order valence-corrected chi connectivity index (χ4v) is 4.87. The van der Waals surface area contributed by atoms with E-state index in [0.29, 0.717) is 25.5 Å². The molecule has 0 aromatic carbocycles. The van der Waals surface area contributed by atoms with E-state index in [1.54, 1.807) is 12.4 Å². The SMILES string of the molecule is O=C(Cc1cccnc1)N1CCC[C@]2(CCN(C(=O)C3CCOCC3)C2)C1. The normalized spacial score (nSPS) is 26.5. The number of pyridine rings is 1. The van der Waals surface area contributed by atoms with Crippen LogP contribution in [0.1, 0.15) is 37.7 Å². The molecule has 2 amide bonds. The standard InChI is InChI=1S/C21H29N3O3/c25-19(13-17-3-1-8-22-14-17)23-9-2-6-21(15-23)7-10-24(16-21)20(26)18-4-11-27-12-5-18/h1,3,8,14,18H,2,4-7,9-13,15-16H2/t21-/m0/s1. The summed E-state index contributed by atoms with van der Waals surface area (Å²) < 4.78 is 5.39. The van der Waals surface area contributed by atoms with E-state index in [9.17, 15) is 9.59 Å². The van der Waals surface area contributed by atoms with Crippen LogP contribution in [-0.4, -0.2) is 66.0 Å². The molecule has 1 aromatic rings. The molecule has 0 unspecified atom stereocenters. The number of nitrogens with zero attached hydrogens (tertiary/aromatic N) is 3. The van der Waals surface area contributed by atoms with Crippen molar-refractivity contribution < 1.29 is 14.3 Å². The zero-order chi connectivity index (χ0) is 18.7. The van der Waals surface area contributed by atoms with Crippen LogP contribution in [0, 0.1) is 11.3 Å². The molecule has 6 nitrogen and oxygen atoms in total. The molecule has 3 saturated heterocycles. The van der Waals surface area contributed by atoms with Crippen molar-refractivity contribution in [2.24, 2.45) is 11.3 Å². The summed E-state index contributed by atoms with van der Waals surface area (Å²) in [5.41, 5.74) is 1.05. The Bertz CT molecular complexity index is 675.